The first-order valence-corrected chi connectivity index (χ1v) is 12.5. The average Bonchev–Trinajstić information content (AvgIpc) is 3.27. The normalized spacial score (nSPS) is 25.8. The first-order valence-electron chi connectivity index (χ1n) is 10.8. The van der Waals surface area contributed by atoms with Crippen LogP contribution in [0.4, 0.5) is 0 Å². The van der Waals surface area contributed by atoms with Crippen molar-refractivity contribution in [3.8, 4) is 0 Å². The van der Waals surface area contributed by atoms with Crippen LogP contribution in [0.2, 0.25) is 0 Å². The van der Waals surface area contributed by atoms with Crippen molar-refractivity contribution in [3.05, 3.63) is 36.0 Å². The lowest BCUT2D eigenvalue weighted by Gasteiger charge is -2.36. The molecule has 0 spiro atoms. The van der Waals surface area contributed by atoms with E-state index in [4.69, 9.17) is 4.74 Å². The number of rotatable bonds is 8. The Morgan fingerprint density at radius 2 is 2.06 bits per heavy atom. The molecular weight excluding hydrogens is 416 g/mol. The maximum Gasteiger partial charge on any atom is 0.324 e. The summed E-state index contributed by atoms with van der Waals surface area (Å²) >= 11 is 0. The van der Waals surface area contributed by atoms with Gasteiger partial charge in [-0.1, -0.05) is 32.0 Å². The van der Waals surface area contributed by atoms with E-state index >= 15 is 0 Å². The Kier molecular flexibility index (Phi) is 5.50. The third-order valence-corrected chi connectivity index (χ3v) is 9.08. The summed E-state index contributed by atoms with van der Waals surface area (Å²) in [5.41, 5.74) is 0.489. The molecule has 0 aliphatic heterocycles. The molecule has 2 aliphatic rings. The van der Waals surface area contributed by atoms with Crippen molar-refractivity contribution in [1.82, 2.24) is 9.71 Å². The van der Waals surface area contributed by atoms with Crippen LogP contribution in [0.15, 0.2) is 30.5 Å². The Bertz CT molecular complexity index is 1120. The maximum absolute atomic E-state index is 13.2. The van der Waals surface area contributed by atoms with Crippen molar-refractivity contribution in [3.63, 3.8) is 0 Å². The summed E-state index contributed by atoms with van der Waals surface area (Å²) in [5.74, 6) is -0.646. The lowest BCUT2D eigenvalue weighted by atomic mass is 9.70. The number of carbonyl (C=O) groups is 2. The van der Waals surface area contributed by atoms with E-state index in [-0.39, 0.29) is 35.9 Å². The number of Topliss-reactive ketones (excluding diaryl/α,β-unsaturated/α-hetero) is 1. The summed E-state index contributed by atoms with van der Waals surface area (Å²) in [5, 5.41) is 0.931. The molecule has 0 saturated heterocycles. The highest BCUT2D eigenvalue weighted by Gasteiger charge is 2.65. The monoisotopic (exact) mass is 446 g/mol. The zero-order valence-corrected chi connectivity index (χ0v) is 19.1. The molecule has 2 bridgehead atoms. The minimum absolute atomic E-state index is 0.0310. The Morgan fingerprint density at radius 1 is 1.32 bits per heavy atom. The molecule has 168 valence electrons. The number of H-pyrrole nitrogens is 1. The summed E-state index contributed by atoms with van der Waals surface area (Å²) in [6, 6.07) is 6.59. The molecule has 31 heavy (non-hydrogen) atoms. The van der Waals surface area contributed by atoms with Crippen LogP contribution in [-0.4, -0.2) is 43.6 Å². The second-order valence-electron chi connectivity index (χ2n) is 9.41. The number of aromatic nitrogens is 1. The van der Waals surface area contributed by atoms with Crippen LogP contribution in [-0.2, 0) is 30.8 Å². The summed E-state index contributed by atoms with van der Waals surface area (Å²) < 4.78 is 34.2. The van der Waals surface area contributed by atoms with E-state index in [0.717, 1.165) is 22.9 Å². The standard InChI is InChI=1S/C23H30N2O5S/c1-4-30-21(27)19(11-15-13-24-18-8-6-5-7-17(15)18)25-31(28,29)14-23-10-9-16(12-20(23)26)22(23,2)3/h5-8,13,16,19,24-25H,4,9-12,14H2,1-3H3/t16-,19-,23-/m0/s1. The van der Waals surface area contributed by atoms with Gasteiger partial charge in [0.2, 0.25) is 10.0 Å². The SMILES string of the molecule is CCOC(=O)[C@H](Cc1c[nH]c2ccccc12)NS(=O)(=O)C[C@@]12CC[C@@H](CC1=O)C2(C)C. The smallest absolute Gasteiger partial charge is 0.324 e. The second-order valence-corrected chi connectivity index (χ2v) is 11.2. The number of aromatic amines is 1. The zero-order valence-electron chi connectivity index (χ0n) is 18.2. The largest absolute Gasteiger partial charge is 0.465 e. The third kappa shape index (κ3) is 3.69. The Morgan fingerprint density at radius 3 is 2.71 bits per heavy atom. The van der Waals surface area contributed by atoms with E-state index < -0.39 is 27.4 Å². The van der Waals surface area contributed by atoms with Gasteiger partial charge in [-0.05, 0) is 42.7 Å². The van der Waals surface area contributed by atoms with Crippen LogP contribution in [0.3, 0.4) is 0 Å². The van der Waals surface area contributed by atoms with E-state index in [1.807, 2.05) is 38.1 Å². The fourth-order valence-electron chi connectivity index (χ4n) is 5.63. The molecule has 3 atom stereocenters. The molecule has 1 aromatic carbocycles. The number of ketones is 1. The molecule has 0 radical (unpaired) electrons. The average molecular weight is 447 g/mol. The van der Waals surface area contributed by atoms with Gasteiger partial charge in [0.15, 0.2) is 0 Å². The highest BCUT2D eigenvalue weighted by Crippen LogP contribution is 2.64. The van der Waals surface area contributed by atoms with Crippen molar-refractivity contribution in [1.29, 1.82) is 0 Å². The lowest BCUT2D eigenvalue weighted by molar-refractivity contribution is -0.145. The molecule has 8 heteroatoms. The zero-order chi connectivity index (χ0) is 22.4. The topological polar surface area (TPSA) is 105 Å². The number of ether oxygens (including phenoxy) is 1. The minimum Gasteiger partial charge on any atom is -0.465 e. The molecular formula is C23H30N2O5S. The van der Waals surface area contributed by atoms with Crippen LogP contribution in [0, 0.1) is 16.7 Å². The highest BCUT2D eigenvalue weighted by atomic mass is 32.2. The van der Waals surface area contributed by atoms with E-state index in [1.165, 1.54) is 0 Å². The van der Waals surface area contributed by atoms with Crippen molar-refractivity contribution in [2.75, 3.05) is 12.4 Å². The quantitative estimate of drug-likeness (QED) is 0.607. The first kappa shape index (κ1) is 22.0. The maximum atomic E-state index is 13.2. The van der Waals surface area contributed by atoms with Crippen LogP contribution in [0.25, 0.3) is 10.9 Å². The molecule has 2 saturated carbocycles. The summed E-state index contributed by atoms with van der Waals surface area (Å²) in [6.07, 6.45) is 3.84. The number of esters is 1. The van der Waals surface area contributed by atoms with Gasteiger partial charge in [-0.15, -0.1) is 0 Å². The summed E-state index contributed by atoms with van der Waals surface area (Å²) in [4.78, 5) is 28.6. The molecule has 1 aromatic heterocycles. The van der Waals surface area contributed by atoms with E-state index in [0.29, 0.717) is 12.8 Å². The van der Waals surface area contributed by atoms with E-state index in [1.54, 1.807) is 13.1 Å². The van der Waals surface area contributed by atoms with E-state index in [2.05, 4.69) is 9.71 Å². The first-order chi connectivity index (χ1) is 14.6. The highest BCUT2D eigenvalue weighted by molar-refractivity contribution is 7.89. The van der Waals surface area contributed by atoms with Crippen LogP contribution < -0.4 is 4.72 Å². The van der Waals surface area contributed by atoms with Crippen molar-refractivity contribution in [2.45, 2.75) is 52.5 Å². The minimum atomic E-state index is -3.91. The number of para-hydroxylation sites is 1. The molecule has 2 N–H and O–H groups in total. The third-order valence-electron chi connectivity index (χ3n) is 7.57. The van der Waals surface area contributed by atoms with Crippen LogP contribution in [0.1, 0.15) is 45.6 Å². The van der Waals surface area contributed by atoms with Crippen molar-refractivity contribution in [2.24, 2.45) is 16.7 Å². The fourth-order valence-corrected chi connectivity index (χ4v) is 7.65. The number of nitrogens with one attached hydrogen (secondary N) is 2. The molecule has 0 amide bonds. The van der Waals surface area contributed by atoms with Gasteiger partial charge in [0.05, 0.1) is 12.4 Å². The summed E-state index contributed by atoms with van der Waals surface area (Å²) in [7, 11) is -3.91. The molecule has 4 rings (SSSR count). The molecule has 1 heterocycles. The Balaban J connectivity index is 1.59. The number of carbonyl (C=O) groups excluding carboxylic acids is 2. The van der Waals surface area contributed by atoms with Gasteiger partial charge in [-0.2, -0.15) is 0 Å². The van der Waals surface area contributed by atoms with Crippen LogP contribution >= 0.6 is 0 Å². The van der Waals surface area contributed by atoms with Gasteiger partial charge in [0, 0.05) is 35.4 Å². The fraction of sp³-hybridized carbons (Fsp3) is 0.565. The molecule has 2 aromatic rings. The number of sulfonamides is 1. The van der Waals surface area contributed by atoms with Gasteiger partial charge >= 0.3 is 5.97 Å². The van der Waals surface area contributed by atoms with Gasteiger partial charge < -0.3 is 9.72 Å². The Labute approximate surface area is 183 Å². The number of benzene rings is 1. The number of hydrogen-bond donors (Lipinski definition) is 2. The van der Waals surface area contributed by atoms with E-state index in [9.17, 15) is 18.0 Å². The van der Waals surface area contributed by atoms with Crippen LogP contribution in [0.5, 0.6) is 0 Å². The summed E-state index contributed by atoms with van der Waals surface area (Å²) in [6.45, 7) is 5.84. The number of fused-ring (bicyclic) bond motifs is 3. The van der Waals surface area contributed by atoms with Crippen molar-refractivity contribution >= 4 is 32.7 Å². The lowest BCUT2D eigenvalue weighted by Crippen LogP contribution is -2.50. The second kappa shape index (κ2) is 7.74. The van der Waals surface area contributed by atoms with Crippen molar-refractivity contribution < 1.29 is 22.7 Å². The predicted octanol–water partition coefficient (Wildman–Crippen LogP) is 2.96. The van der Waals surface area contributed by atoms with Gasteiger partial charge in [0.1, 0.15) is 11.8 Å². The molecule has 7 nitrogen and oxygen atoms in total. The van der Waals surface area contributed by atoms with Gasteiger partial charge in [-0.25, -0.2) is 13.1 Å². The van der Waals surface area contributed by atoms with Gasteiger partial charge in [-0.3, -0.25) is 9.59 Å². The molecule has 0 unspecified atom stereocenters. The number of hydrogen-bond acceptors (Lipinski definition) is 5. The van der Waals surface area contributed by atoms with Gasteiger partial charge in [0.25, 0.3) is 0 Å². The molecule has 2 fully saturated rings. The predicted molar refractivity (Wildman–Crippen MR) is 118 cm³/mol. The molecule has 2 aliphatic carbocycles. The Hall–Kier alpha value is -2.19.